The van der Waals surface area contributed by atoms with Gasteiger partial charge in [0.1, 0.15) is 0 Å². The highest BCUT2D eigenvalue weighted by Crippen LogP contribution is 2.32. The van der Waals surface area contributed by atoms with Gasteiger partial charge in [-0.3, -0.25) is 0 Å². The summed E-state index contributed by atoms with van der Waals surface area (Å²) in [5.74, 6) is 0.556. The van der Waals surface area contributed by atoms with Crippen molar-refractivity contribution >= 4 is 85.6 Å². The van der Waals surface area contributed by atoms with E-state index < -0.39 is 116 Å². The van der Waals surface area contributed by atoms with Crippen LogP contribution in [-0.2, 0) is 42.7 Å². The molecule has 0 amide bonds. The van der Waals surface area contributed by atoms with Gasteiger partial charge in [0.25, 0.3) is 0 Å². The van der Waals surface area contributed by atoms with E-state index in [-0.39, 0.29) is 33.0 Å². The molecule has 35 heteroatoms. The molecule has 0 aliphatic rings. The average molecular weight is 1570 g/mol. The molecule has 96 heavy (non-hydrogen) atoms. The fourth-order valence-corrected chi connectivity index (χ4v) is 45.5. The van der Waals surface area contributed by atoms with E-state index in [1.54, 1.807) is 101 Å². The largest absolute Gasteiger partial charge is 0.415 e. The zero-order chi connectivity index (χ0) is 75.6. The van der Waals surface area contributed by atoms with E-state index in [1.807, 2.05) is 0 Å². The van der Waals surface area contributed by atoms with E-state index in [9.17, 15) is 49.5 Å². The summed E-state index contributed by atoms with van der Waals surface area (Å²) < 4.78 is 57.3. The Balaban J connectivity index is -0.000000360. The molecule has 0 heterocycles. The van der Waals surface area contributed by atoms with Gasteiger partial charge in [-0.2, -0.15) is 0 Å². The van der Waals surface area contributed by atoms with Crippen molar-refractivity contribution in [3.8, 4) is 0 Å². The van der Waals surface area contributed by atoms with E-state index in [1.165, 1.54) is 44.9 Å². The van der Waals surface area contributed by atoms with Gasteiger partial charge in [-0.1, -0.05) is 157 Å². The van der Waals surface area contributed by atoms with E-state index in [0.29, 0.717) is 36.1 Å². The summed E-state index contributed by atoms with van der Waals surface area (Å²) in [4.78, 5) is 50.0. The first-order chi connectivity index (χ1) is 44.3. The first-order valence-electron chi connectivity index (χ1n) is 35.6. The van der Waals surface area contributed by atoms with Gasteiger partial charge in [0.2, 0.25) is 0 Å². The summed E-state index contributed by atoms with van der Waals surface area (Å²) in [6.07, 6.45) is 16.9. The topological polar surface area (TPSA) is 396 Å². The normalized spacial score (nSPS) is 17.5. The van der Waals surface area contributed by atoms with Crippen molar-refractivity contribution in [2.24, 2.45) is 5.92 Å². The van der Waals surface area contributed by atoms with Crippen molar-refractivity contribution in [3.05, 3.63) is 0 Å². The second-order valence-corrected chi connectivity index (χ2v) is 62.4. The molecule has 0 fully saturated rings. The zero-order valence-corrected chi connectivity index (χ0v) is 74.3. The van der Waals surface area contributed by atoms with Crippen LogP contribution in [-0.4, -0.2) is 260 Å². The molecular weight excluding hydrogens is 1410 g/mol. The highest BCUT2D eigenvalue weighted by atomic mass is 28.5. The summed E-state index contributed by atoms with van der Waals surface area (Å²) >= 11 is 0. The lowest BCUT2D eigenvalue weighted by Crippen LogP contribution is -2.52. The van der Waals surface area contributed by atoms with Crippen molar-refractivity contribution in [1.29, 1.82) is 0 Å². The molecule has 0 rings (SSSR count). The molecule has 0 aromatic heterocycles. The predicted molar refractivity (Wildman–Crippen MR) is 407 cm³/mol. The molecule has 0 aromatic carbocycles. The summed E-state index contributed by atoms with van der Waals surface area (Å²) in [5, 5.41) is 93.5. The van der Waals surface area contributed by atoms with E-state index >= 15 is 0 Å². The first-order valence-corrected chi connectivity index (χ1v) is 61.1. The molecule has 25 nitrogen and oxygen atoms in total. The Kier molecular flexibility index (Phi) is 63.3. The van der Waals surface area contributed by atoms with Crippen LogP contribution in [0, 0.1) is 5.92 Å². The van der Waals surface area contributed by atoms with Gasteiger partial charge in [-0.05, 0) is 108 Å². The molecule has 0 aromatic rings. The standard InChI is InChI=1S/C14H34O5Si2.C13H32O5Si2.2C12H30O5Si2.C10H26O5Si2/c1-5-6-7-8-9-10-11-21(18-2,13-14(16)12-15)19-20(3,4)17;1-5-6-7-8-9-10-20(17-2,12-13(15)11-14)18-19(3,4)16;1-6-11(2)7-8-19(16-3,10-12(14)9-13)17-18(4,5)15;1-5-6-7-8-9-19(16-2,11-12(14)10-13)17-18(3,4)15;1-5-6-7-17(14-2,9-10(12)8-11)15-16(3,4)13/h14-17H,5-13H2,1-4H3;13-16H,5-12H2,1-4H3;11-15H,6-10H2,1-5H3;12-15H,5-11H2,1-4H3;10-13H,5-9H2,1-4H3. The molecule has 0 saturated carbocycles. The molecule has 0 aliphatic carbocycles. The minimum absolute atomic E-state index is 0.299. The second-order valence-electron chi connectivity index (χ2n) is 28.2. The Labute approximate surface area is 594 Å². The van der Waals surface area contributed by atoms with Crippen LogP contribution in [0.15, 0.2) is 0 Å². The number of unbranched alkanes of at least 4 members (excludes halogenated alkanes) is 13. The third kappa shape index (κ3) is 60.4. The maximum absolute atomic E-state index is 10.1. The van der Waals surface area contributed by atoms with Crippen molar-refractivity contribution < 1.29 is 118 Å². The number of rotatable bonds is 55. The minimum Gasteiger partial charge on any atom is -0.415 e. The number of aliphatic hydroxyl groups is 10. The lowest BCUT2D eigenvalue weighted by Gasteiger charge is -2.35. The van der Waals surface area contributed by atoms with Gasteiger partial charge in [-0.25, -0.2) is 0 Å². The Bertz CT molecular complexity index is 1760. The summed E-state index contributed by atoms with van der Waals surface area (Å²) in [6.45, 7) is 28.4. The van der Waals surface area contributed by atoms with Gasteiger partial charge in [0.15, 0.2) is 0 Å². The monoisotopic (exact) mass is 1560 g/mol. The SMILES string of the molecule is CCC(C)CC[Si](CC(O)CO)(OC)O[Si](C)(C)O.CCCCCCCC[Si](CC(O)CO)(OC)O[Si](C)(C)O.CCCCCCC[Si](CC(O)CO)(OC)O[Si](C)(C)O.CCCCCC[Si](CC(O)CO)(OC)O[Si](C)(C)O.CCCC[Si](CC(O)CO)(OC)O[Si](C)(C)O. The highest BCUT2D eigenvalue weighted by Gasteiger charge is 2.48. The van der Waals surface area contributed by atoms with Gasteiger partial charge in [-0.15, -0.1) is 0 Å². The maximum Gasteiger partial charge on any atom is 0.331 e. The van der Waals surface area contributed by atoms with Gasteiger partial charge in [0.05, 0.1) is 63.6 Å². The van der Waals surface area contributed by atoms with Crippen LogP contribution < -0.4 is 0 Å². The summed E-state index contributed by atoms with van der Waals surface area (Å²) in [6, 6.07) is 5.24. The summed E-state index contributed by atoms with van der Waals surface area (Å²) in [5.41, 5.74) is 0. The van der Waals surface area contributed by atoms with Crippen LogP contribution in [0.5, 0.6) is 0 Å². The Hall–Kier alpha value is 1.17. The average Bonchev–Trinajstić information content (AvgIpc) is 0.885. The molecule has 586 valence electrons. The molecule has 11 unspecified atom stereocenters. The fraction of sp³-hybridized carbons (Fsp3) is 1.00. The predicted octanol–water partition coefficient (Wildman–Crippen LogP) is 8.84. The van der Waals surface area contributed by atoms with Crippen LogP contribution in [0.2, 0.25) is 126 Å². The smallest absolute Gasteiger partial charge is 0.331 e. The van der Waals surface area contributed by atoms with Crippen LogP contribution in [0.25, 0.3) is 0 Å². The van der Waals surface area contributed by atoms with Crippen LogP contribution in [0.4, 0.5) is 0 Å². The Morgan fingerprint density at radius 3 is 0.625 bits per heavy atom. The fourth-order valence-electron chi connectivity index (χ4n) is 10.6. The molecule has 15 N–H and O–H groups in total. The van der Waals surface area contributed by atoms with Gasteiger partial charge >= 0.3 is 85.6 Å². The van der Waals surface area contributed by atoms with Crippen LogP contribution >= 0.6 is 0 Å². The first kappa shape index (κ1) is 106. The molecular formula is C61H152O25Si10. The molecule has 0 bridgehead atoms. The molecule has 0 saturated heterocycles. The number of aliphatic hydroxyl groups excluding tert-OH is 10. The lowest BCUT2D eigenvalue weighted by molar-refractivity contribution is 0.0985. The Morgan fingerprint density at radius 1 is 0.271 bits per heavy atom. The third-order valence-corrected chi connectivity index (χ3v) is 47.6. The van der Waals surface area contributed by atoms with Crippen molar-refractivity contribution in [3.63, 3.8) is 0 Å². The minimum atomic E-state index is -2.73. The van der Waals surface area contributed by atoms with E-state index in [0.717, 1.165) is 107 Å². The quantitative estimate of drug-likeness (QED) is 0.0200. The van der Waals surface area contributed by atoms with Crippen molar-refractivity contribution in [2.75, 3.05) is 68.6 Å². The molecule has 0 spiro atoms. The second kappa shape index (κ2) is 57.4. The van der Waals surface area contributed by atoms with E-state index in [4.69, 9.17) is 68.2 Å². The maximum atomic E-state index is 10.1. The Morgan fingerprint density at radius 2 is 0.448 bits per heavy atom. The van der Waals surface area contributed by atoms with Crippen molar-refractivity contribution in [2.45, 2.75) is 320 Å². The molecule has 0 aliphatic heterocycles. The highest BCUT2D eigenvalue weighted by molar-refractivity contribution is 6.82. The van der Waals surface area contributed by atoms with Gasteiger partial charge in [0, 0.05) is 65.8 Å². The van der Waals surface area contributed by atoms with Crippen LogP contribution in [0.1, 0.15) is 164 Å². The number of hydrogen-bond donors (Lipinski definition) is 15. The molecule has 11 atom stereocenters. The third-order valence-electron chi connectivity index (χ3n) is 15.4. The van der Waals surface area contributed by atoms with E-state index in [2.05, 4.69) is 41.5 Å². The van der Waals surface area contributed by atoms with Crippen LogP contribution in [0.3, 0.4) is 0 Å². The summed E-state index contributed by atoms with van der Waals surface area (Å²) in [7, 11) is -18.9. The zero-order valence-electron chi connectivity index (χ0n) is 64.3. The lowest BCUT2D eigenvalue weighted by atomic mass is 10.1. The number of hydrogen-bond acceptors (Lipinski definition) is 25. The van der Waals surface area contributed by atoms with Gasteiger partial charge < -0.3 is 118 Å². The molecule has 0 radical (unpaired) electrons. The van der Waals surface area contributed by atoms with Crippen molar-refractivity contribution in [1.82, 2.24) is 0 Å².